The molecule has 1 aromatic rings. The number of alkyl halides is 3. The van der Waals surface area contributed by atoms with Crippen molar-refractivity contribution in [3.05, 3.63) is 29.3 Å². The Labute approximate surface area is 104 Å². The summed E-state index contributed by atoms with van der Waals surface area (Å²) in [6.07, 6.45) is -0.569. The van der Waals surface area contributed by atoms with Crippen molar-refractivity contribution in [1.82, 2.24) is 0 Å². The second kappa shape index (κ2) is 5.18. The Balaban J connectivity index is 2.09. The van der Waals surface area contributed by atoms with Crippen molar-refractivity contribution in [3.8, 4) is 0 Å². The van der Waals surface area contributed by atoms with Crippen LogP contribution in [-0.2, 0) is 17.3 Å². The first-order chi connectivity index (χ1) is 8.47. The van der Waals surface area contributed by atoms with Crippen LogP contribution in [0, 0.1) is 0 Å². The molecule has 0 bridgehead atoms. The van der Waals surface area contributed by atoms with E-state index in [9.17, 15) is 13.2 Å². The van der Waals surface area contributed by atoms with Gasteiger partial charge in [0.25, 0.3) is 0 Å². The zero-order valence-electron chi connectivity index (χ0n) is 9.96. The highest BCUT2D eigenvalue weighted by molar-refractivity contribution is 5.50. The Hall–Kier alpha value is -1.23. The molecule has 1 atom stereocenters. The van der Waals surface area contributed by atoms with Crippen LogP contribution in [0.15, 0.2) is 18.2 Å². The topological polar surface area (TPSA) is 35.2 Å². The minimum absolute atomic E-state index is 0.0813. The molecule has 0 aromatic heterocycles. The van der Waals surface area contributed by atoms with Gasteiger partial charge in [-0.25, -0.2) is 0 Å². The van der Waals surface area contributed by atoms with E-state index < -0.39 is 11.7 Å². The Kier molecular flexibility index (Phi) is 3.80. The summed E-state index contributed by atoms with van der Waals surface area (Å²) < 4.78 is 43.0. The molecule has 100 valence electrons. The Morgan fingerprint density at radius 1 is 1.28 bits per heavy atom. The molecule has 0 spiro atoms. The molecule has 0 amide bonds. The van der Waals surface area contributed by atoms with Gasteiger partial charge in [-0.1, -0.05) is 6.07 Å². The van der Waals surface area contributed by atoms with E-state index in [1.54, 1.807) is 0 Å². The average Bonchev–Trinajstić information content (AvgIpc) is 2.32. The van der Waals surface area contributed by atoms with Crippen LogP contribution in [-0.4, -0.2) is 12.7 Å². The SMILES string of the molecule is Nc1cc(C(F)(F)F)ccc1CC1CCCCO1. The van der Waals surface area contributed by atoms with Gasteiger partial charge in [0.2, 0.25) is 0 Å². The van der Waals surface area contributed by atoms with Crippen molar-refractivity contribution in [3.63, 3.8) is 0 Å². The Morgan fingerprint density at radius 2 is 2.06 bits per heavy atom. The van der Waals surface area contributed by atoms with Gasteiger partial charge in [0.15, 0.2) is 0 Å². The monoisotopic (exact) mass is 259 g/mol. The normalized spacial score (nSPS) is 20.9. The van der Waals surface area contributed by atoms with Crippen molar-refractivity contribution in [2.24, 2.45) is 0 Å². The van der Waals surface area contributed by atoms with E-state index in [1.165, 1.54) is 6.07 Å². The summed E-state index contributed by atoms with van der Waals surface area (Å²) in [5, 5.41) is 0. The molecular formula is C13H16F3NO. The third-order valence-corrected chi connectivity index (χ3v) is 3.19. The number of benzene rings is 1. The summed E-state index contributed by atoms with van der Waals surface area (Å²) >= 11 is 0. The van der Waals surface area contributed by atoms with Crippen LogP contribution in [0.25, 0.3) is 0 Å². The van der Waals surface area contributed by atoms with Gasteiger partial charge in [-0.05, 0) is 37.0 Å². The summed E-state index contributed by atoms with van der Waals surface area (Å²) in [6, 6.07) is 3.53. The standard InChI is InChI=1S/C13H16F3NO/c14-13(15,16)10-5-4-9(12(17)8-10)7-11-3-1-2-6-18-11/h4-5,8,11H,1-3,6-7,17H2. The number of hydrogen-bond acceptors (Lipinski definition) is 2. The molecule has 1 saturated heterocycles. The van der Waals surface area contributed by atoms with Crippen LogP contribution in [0.5, 0.6) is 0 Å². The van der Waals surface area contributed by atoms with E-state index in [1.807, 2.05) is 0 Å². The second-order valence-corrected chi connectivity index (χ2v) is 4.60. The molecule has 18 heavy (non-hydrogen) atoms. The minimum atomic E-state index is -4.34. The van der Waals surface area contributed by atoms with Gasteiger partial charge < -0.3 is 10.5 Å². The molecular weight excluding hydrogens is 243 g/mol. The van der Waals surface area contributed by atoms with Gasteiger partial charge in [0, 0.05) is 18.7 Å². The summed E-state index contributed by atoms with van der Waals surface area (Å²) in [4.78, 5) is 0. The maximum Gasteiger partial charge on any atom is 0.416 e. The first kappa shape index (κ1) is 13.2. The zero-order valence-corrected chi connectivity index (χ0v) is 9.96. The first-order valence-corrected chi connectivity index (χ1v) is 6.04. The van der Waals surface area contributed by atoms with Gasteiger partial charge in [0.05, 0.1) is 11.7 Å². The summed E-state index contributed by atoms with van der Waals surface area (Å²) in [6.45, 7) is 0.727. The second-order valence-electron chi connectivity index (χ2n) is 4.60. The average molecular weight is 259 g/mol. The largest absolute Gasteiger partial charge is 0.416 e. The predicted molar refractivity (Wildman–Crippen MR) is 63.2 cm³/mol. The first-order valence-electron chi connectivity index (χ1n) is 6.04. The maximum atomic E-state index is 12.5. The van der Waals surface area contributed by atoms with Crippen LogP contribution in [0.2, 0.25) is 0 Å². The molecule has 1 heterocycles. The third kappa shape index (κ3) is 3.16. The maximum absolute atomic E-state index is 12.5. The summed E-state index contributed by atoms with van der Waals surface area (Å²) in [5.41, 5.74) is 5.90. The highest BCUT2D eigenvalue weighted by Gasteiger charge is 2.31. The van der Waals surface area contributed by atoms with Crippen molar-refractivity contribution >= 4 is 5.69 Å². The smallest absolute Gasteiger partial charge is 0.398 e. The molecule has 2 rings (SSSR count). The number of anilines is 1. The lowest BCUT2D eigenvalue weighted by Crippen LogP contribution is -2.22. The van der Waals surface area contributed by atoms with E-state index in [2.05, 4.69) is 0 Å². The summed E-state index contributed by atoms with van der Waals surface area (Å²) in [7, 11) is 0. The number of ether oxygens (including phenoxy) is 1. The van der Waals surface area contributed by atoms with Crippen LogP contribution in [0.3, 0.4) is 0 Å². The van der Waals surface area contributed by atoms with E-state index in [0.717, 1.165) is 43.6 Å². The molecule has 0 aliphatic carbocycles. The molecule has 2 nitrogen and oxygen atoms in total. The van der Waals surface area contributed by atoms with E-state index >= 15 is 0 Å². The minimum Gasteiger partial charge on any atom is -0.398 e. The van der Waals surface area contributed by atoms with Crippen LogP contribution >= 0.6 is 0 Å². The molecule has 1 aromatic carbocycles. The van der Waals surface area contributed by atoms with Crippen molar-refractivity contribution in [2.75, 3.05) is 12.3 Å². The fourth-order valence-corrected chi connectivity index (χ4v) is 2.17. The van der Waals surface area contributed by atoms with E-state index in [4.69, 9.17) is 10.5 Å². The lowest BCUT2D eigenvalue weighted by molar-refractivity contribution is -0.137. The molecule has 1 aliphatic heterocycles. The highest BCUT2D eigenvalue weighted by atomic mass is 19.4. The van der Waals surface area contributed by atoms with Crippen molar-refractivity contribution in [1.29, 1.82) is 0 Å². The number of halogens is 3. The fraction of sp³-hybridized carbons (Fsp3) is 0.538. The molecule has 1 aliphatic rings. The molecule has 5 heteroatoms. The van der Waals surface area contributed by atoms with E-state index in [0.29, 0.717) is 6.42 Å². The van der Waals surface area contributed by atoms with E-state index in [-0.39, 0.29) is 11.8 Å². The number of nitrogen functional groups attached to an aromatic ring is 1. The van der Waals surface area contributed by atoms with Gasteiger partial charge in [0.1, 0.15) is 0 Å². The van der Waals surface area contributed by atoms with Gasteiger partial charge in [-0.15, -0.1) is 0 Å². The van der Waals surface area contributed by atoms with Crippen LogP contribution < -0.4 is 5.73 Å². The van der Waals surface area contributed by atoms with Crippen molar-refractivity contribution in [2.45, 2.75) is 38.0 Å². The lowest BCUT2D eigenvalue weighted by Gasteiger charge is -2.23. The molecule has 2 N–H and O–H groups in total. The van der Waals surface area contributed by atoms with Crippen molar-refractivity contribution < 1.29 is 17.9 Å². The molecule has 1 unspecified atom stereocenters. The lowest BCUT2D eigenvalue weighted by atomic mass is 9.99. The van der Waals surface area contributed by atoms with Gasteiger partial charge in [-0.3, -0.25) is 0 Å². The molecule has 0 saturated carbocycles. The Bertz CT molecular complexity index is 411. The zero-order chi connectivity index (χ0) is 13.2. The summed E-state index contributed by atoms with van der Waals surface area (Å²) in [5.74, 6) is 0. The van der Waals surface area contributed by atoms with Gasteiger partial charge in [-0.2, -0.15) is 13.2 Å². The quantitative estimate of drug-likeness (QED) is 0.826. The van der Waals surface area contributed by atoms with Crippen LogP contribution in [0.1, 0.15) is 30.4 Å². The number of hydrogen-bond donors (Lipinski definition) is 1. The van der Waals surface area contributed by atoms with Crippen LogP contribution in [0.4, 0.5) is 18.9 Å². The highest BCUT2D eigenvalue weighted by Crippen LogP contribution is 2.32. The third-order valence-electron chi connectivity index (χ3n) is 3.19. The predicted octanol–water partition coefficient (Wildman–Crippen LogP) is 3.40. The molecule has 1 fully saturated rings. The number of rotatable bonds is 2. The fourth-order valence-electron chi connectivity index (χ4n) is 2.17. The number of nitrogens with two attached hydrogens (primary N) is 1. The Morgan fingerprint density at radius 3 is 2.61 bits per heavy atom. The molecule has 0 radical (unpaired) electrons. The van der Waals surface area contributed by atoms with Gasteiger partial charge >= 0.3 is 6.18 Å².